The van der Waals surface area contributed by atoms with E-state index in [9.17, 15) is 25.2 Å². The van der Waals surface area contributed by atoms with E-state index in [0.29, 0.717) is 42.2 Å². The summed E-state index contributed by atoms with van der Waals surface area (Å²) in [5.41, 5.74) is 7.22. The average molecular weight is 1120 g/mol. The largest absolute Gasteiger partial charge is 0.483 e. The lowest BCUT2D eigenvalue weighted by molar-refractivity contribution is -0.199. The van der Waals surface area contributed by atoms with Crippen LogP contribution in [0.2, 0.25) is 0 Å². The van der Waals surface area contributed by atoms with Crippen molar-refractivity contribution in [2.24, 2.45) is 17.8 Å². The minimum Gasteiger partial charge on any atom is -0.483 e. The number of fused-ring (bicyclic) bond motifs is 14. The number of hydrogen-bond acceptors (Lipinski definition) is 12. The summed E-state index contributed by atoms with van der Waals surface area (Å²) in [6.45, 7) is 1.57. The third-order valence-corrected chi connectivity index (χ3v) is 19.9. The van der Waals surface area contributed by atoms with Crippen molar-refractivity contribution in [3.8, 4) is 5.75 Å². The van der Waals surface area contributed by atoms with Crippen LogP contribution in [-0.2, 0) is 42.2 Å². The van der Waals surface area contributed by atoms with E-state index in [-0.39, 0.29) is 101 Å². The Morgan fingerprint density at radius 3 is 2.33 bits per heavy atom. The van der Waals surface area contributed by atoms with E-state index in [4.69, 9.17) is 23.4 Å². The van der Waals surface area contributed by atoms with Gasteiger partial charge in [0.1, 0.15) is 23.7 Å². The number of esters is 2. The molecule has 13 rings (SSSR count). The smallest absolute Gasteiger partial charge is 0.340 e. The number of carbonyl (C=O) groups excluding carboxylic acids is 2. The summed E-state index contributed by atoms with van der Waals surface area (Å²) in [7, 11) is 0. The predicted octanol–water partition coefficient (Wildman–Crippen LogP) is 12.2. The van der Waals surface area contributed by atoms with E-state index in [1.165, 1.54) is 28.7 Å². The Labute approximate surface area is 485 Å². The van der Waals surface area contributed by atoms with Crippen LogP contribution in [0.1, 0.15) is 170 Å². The summed E-state index contributed by atoms with van der Waals surface area (Å²) in [5, 5.41) is 42.1. The summed E-state index contributed by atoms with van der Waals surface area (Å²) in [5.74, 6) is -2.14. The molecule has 0 spiro atoms. The zero-order valence-corrected chi connectivity index (χ0v) is 47.6. The summed E-state index contributed by atoms with van der Waals surface area (Å²) in [4.78, 5) is 45.7. The first-order valence-electron chi connectivity index (χ1n) is 30.1. The maximum atomic E-state index is 15.7. The van der Waals surface area contributed by atoms with Gasteiger partial charge in [0.05, 0.1) is 25.4 Å². The van der Waals surface area contributed by atoms with Crippen molar-refractivity contribution in [1.82, 2.24) is 0 Å². The van der Waals surface area contributed by atoms with E-state index < -0.39 is 61.3 Å². The zero-order chi connectivity index (χ0) is 57.4. The molecule has 1 aromatic heterocycles. The van der Waals surface area contributed by atoms with Crippen molar-refractivity contribution in [2.75, 3.05) is 26.6 Å². The average Bonchev–Trinajstić information content (AvgIpc) is 2.34. The highest BCUT2D eigenvalue weighted by atomic mass is 16.6. The van der Waals surface area contributed by atoms with Gasteiger partial charge < -0.3 is 43.8 Å². The Hall–Kier alpha value is -6.93. The third-order valence-electron chi connectivity index (χ3n) is 19.9. The molecule has 10 unspecified atom stereocenters. The second-order valence-electron chi connectivity index (χ2n) is 24.5. The van der Waals surface area contributed by atoms with Gasteiger partial charge in [0.15, 0.2) is 12.2 Å². The lowest BCUT2D eigenvalue weighted by Crippen LogP contribution is -2.58. The normalized spacial score (nSPS) is 27.5. The first kappa shape index (κ1) is 56.5. The molecule has 3 aliphatic heterocycles. The number of aliphatic hydroxyl groups is 4. The van der Waals surface area contributed by atoms with Crippen LogP contribution in [-0.4, -0.2) is 70.7 Å². The molecule has 4 heterocycles. The van der Waals surface area contributed by atoms with Crippen LogP contribution in [0.15, 0.2) is 154 Å². The molecule has 10 atom stereocenters. The number of ether oxygens (including phenoxy) is 4. The molecule has 4 aliphatic carbocycles. The number of carbonyl (C=O) groups is 2. The van der Waals surface area contributed by atoms with Crippen molar-refractivity contribution in [3.05, 3.63) is 211 Å². The Bertz CT molecular complexity index is 3510. The fraction of sp³-hybridized carbons (Fsp3) is 0.423. The van der Waals surface area contributed by atoms with Gasteiger partial charge in [-0.3, -0.25) is 4.79 Å². The molecule has 5 aromatic carbocycles. The van der Waals surface area contributed by atoms with Gasteiger partial charge in [-0.2, -0.15) is 0 Å². The first-order valence-corrected chi connectivity index (χ1v) is 30.1. The fourth-order valence-corrected chi connectivity index (χ4v) is 15.5. The molecule has 12 heteroatoms. The molecule has 4 N–H and O–H groups in total. The number of aryl methyl sites for hydroxylation is 1. The molecular formula is C71H76O12. The zero-order valence-electron chi connectivity index (χ0n) is 47.6. The summed E-state index contributed by atoms with van der Waals surface area (Å²) < 4.78 is 33.1. The Morgan fingerprint density at radius 2 is 1.55 bits per heavy atom. The van der Waals surface area contributed by atoms with Gasteiger partial charge in [0, 0.05) is 58.6 Å². The lowest BCUT2D eigenvalue weighted by Gasteiger charge is -2.48. The molecule has 83 heavy (non-hydrogen) atoms. The number of allylic oxidation sites excluding steroid dienone is 3. The van der Waals surface area contributed by atoms with Gasteiger partial charge in [-0.1, -0.05) is 147 Å². The highest BCUT2D eigenvalue weighted by molar-refractivity contribution is 5.90. The third kappa shape index (κ3) is 10.6. The van der Waals surface area contributed by atoms with Crippen molar-refractivity contribution in [2.45, 2.75) is 144 Å². The second-order valence-corrected chi connectivity index (χ2v) is 24.5. The first-order chi connectivity index (χ1) is 40.4. The molecule has 6 aromatic rings. The molecule has 0 radical (unpaired) electrons. The van der Waals surface area contributed by atoms with Crippen molar-refractivity contribution in [3.63, 3.8) is 0 Å². The van der Waals surface area contributed by atoms with Crippen LogP contribution < -0.4 is 10.4 Å². The summed E-state index contributed by atoms with van der Waals surface area (Å²) in [6.07, 6.45) is 14.7. The van der Waals surface area contributed by atoms with E-state index >= 15 is 9.59 Å². The Kier molecular flexibility index (Phi) is 16.3. The second kappa shape index (κ2) is 24.0. The molecule has 2 saturated carbocycles. The van der Waals surface area contributed by atoms with Gasteiger partial charge in [-0.05, 0) is 145 Å². The van der Waals surface area contributed by atoms with Gasteiger partial charge in [0.2, 0.25) is 0 Å². The lowest BCUT2D eigenvalue weighted by atomic mass is 9.64. The van der Waals surface area contributed by atoms with Crippen LogP contribution in [0, 0.1) is 17.8 Å². The Balaban J connectivity index is 0.996. The van der Waals surface area contributed by atoms with Crippen molar-refractivity contribution < 1.29 is 53.4 Å². The number of rotatable bonds is 12. The van der Waals surface area contributed by atoms with Crippen LogP contribution >= 0.6 is 0 Å². The van der Waals surface area contributed by atoms with Gasteiger partial charge in [-0.15, -0.1) is 0 Å². The molecule has 2 bridgehead atoms. The standard InChI is InChI=1S/C71H76O12/c1-43(39-73)55-26-20-44-18-21-46(22-19-44)56-27-25-48(47-13-11-16-53(35-47)71(31-9-4-10-32-71)52-14-5-3-6-15-52)34-51(56)37-62(76)80-66-64-61(29-28-58-60(40-74)63(69(78)81-65(58)64)50(30-33-72)41-79-42-75)83-70(2,67(66)82-68(55)77)54-36-49-24-23-45-12-7-8-17-57(45)59(49)38-54/h3,5-8,11-19,21-25,27-29,35,48-51,54,56,59,66-67,72-75H,4,9-10,20,26,30-34,36-42H2,1-2H3. The van der Waals surface area contributed by atoms with Gasteiger partial charge in [0.25, 0.3) is 0 Å². The highest BCUT2D eigenvalue weighted by Crippen LogP contribution is 2.58. The van der Waals surface area contributed by atoms with Crippen LogP contribution in [0.25, 0.3) is 17.0 Å². The monoisotopic (exact) mass is 1120 g/mol. The van der Waals surface area contributed by atoms with E-state index in [2.05, 4.69) is 121 Å². The molecule has 2 fully saturated rings. The predicted molar refractivity (Wildman–Crippen MR) is 317 cm³/mol. The van der Waals surface area contributed by atoms with Gasteiger partial charge in [-0.25, -0.2) is 9.59 Å². The van der Waals surface area contributed by atoms with Gasteiger partial charge >= 0.3 is 17.6 Å². The molecule has 0 amide bonds. The maximum Gasteiger partial charge on any atom is 0.340 e. The molecule has 12 nitrogen and oxygen atoms in total. The van der Waals surface area contributed by atoms with Crippen LogP contribution in [0.3, 0.4) is 0 Å². The molecule has 432 valence electrons. The minimum absolute atomic E-state index is 0.00936. The van der Waals surface area contributed by atoms with E-state index in [0.717, 1.165) is 42.4 Å². The maximum absolute atomic E-state index is 15.7. The number of benzene rings is 5. The minimum atomic E-state index is -1.41. The van der Waals surface area contributed by atoms with Crippen molar-refractivity contribution >= 4 is 29.0 Å². The number of aliphatic hydroxyl groups excluding tert-OH is 4. The summed E-state index contributed by atoms with van der Waals surface area (Å²) in [6, 6.07) is 40.3. The quantitative estimate of drug-likeness (QED) is 0.0300. The topological polar surface area (TPSA) is 182 Å². The number of hydrogen-bond donors (Lipinski definition) is 4. The van der Waals surface area contributed by atoms with E-state index in [1.807, 2.05) is 13.0 Å². The SMILES string of the molecule is CC(CO)=C1CCc2ccc(cc2)C2C=CC(c3cccc(C4(c5ccccc5)CCCCC4)c3)CC2CC(=O)OC2c3c(ccc4c(CO)c(C(CCO)COCO)c(=O)oc34)OC(C)(C3CC4C=Cc5ccccc5C4C3)C2OC1=O. The molecule has 0 saturated heterocycles. The highest BCUT2D eigenvalue weighted by Gasteiger charge is 2.59. The molecular weight excluding hydrogens is 1040 g/mol. The van der Waals surface area contributed by atoms with Crippen LogP contribution in [0.4, 0.5) is 0 Å². The van der Waals surface area contributed by atoms with Crippen molar-refractivity contribution in [1.29, 1.82) is 0 Å². The summed E-state index contributed by atoms with van der Waals surface area (Å²) >= 11 is 0. The fourth-order valence-electron chi connectivity index (χ4n) is 15.5. The molecule has 7 aliphatic rings. The van der Waals surface area contributed by atoms with Crippen LogP contribution in [0.5, 0.6) is 5.75 Å². The Morgan fingerprint density at radius 1 is 0.771 bits per heavy atom. The van der Waals surface area contributed by atoms with E-state index in [1.54, 1.807) is 19.1 Å².